The molecule has 2 amide bonds. The van der Waals surface area contributed by atoms with Crippen LogP contribution in [0.5, 0.6) is 0 Å². The van der Waals surface area contributed by atoms with E-state index in [2.05, 4.69) is 15.6 Å². The van der Waals surface area contributed by atoms with Gasteiger partial charge >= 0.3 is 18.4 Å². The second kappa shape index (κ2) is 7.61. The topological polar surface area (TPSA) is 54.0 Å². The van der Waals surface area contributed by atoms with Crippen molar-refractivity contribution in [1.29, 1.82) is 0 Å². The van der Waals surface area contributed by atoms with E-state index >= 15 is 0 Å². The number of nitrogens with zero attached hydrogens (tertiary/aromatic N) is 1. The van der Waals surface area contributed by atoms with Gasteiger partial charge in [0.15, 0.2) is 0 Å². The average molecular weight is 413 g/mol. The van der Waals surface area contributed by atoms with Crippen molar-refractivity contribution in [3.8, 4) is 0 Å². The number of aromatic nitrogens is 1. The summed E-state index contributed by atoms with van der Waals surface area (Å²) >= 11 is 0. The minimum atomic E-state index is -5.00. The van der Waals surface area contributed by atoms with Gasteiger partial charge in [-0.1, -0.05) is 18.2 Å². The maximum atomic E-state index is 13.2. The molecule has 3 aromatic rings. The van der Waals surface area contributed by atoms with Crippen LogP contribution in [0.15, 0.2) is 54.9 Å². The van der Waals surface area contributed by atoms with Gasteiger partial charge < -0.3 is 10.6 Å². The highest BCUT2D eigenvalue weighted by molar-refractivity contribution is 6.01. The Morgan fingerprint density at radius 3 is 2.41 bits per heavy atom. The molecule has 2 aromatic carbocycles. The Kier molecular flexibility index (Phi) is 5.36. The van der Waals surface area contributed by atoms with Crippen LogP contribution in [-0.2, 0) is 18.9 Å². The van der Waals surface area contributed by atoms with Crippen molar-refractivity contribution in [3.63, 3.8) is 0 Å². The van der Waals surface area contributed by atoms with Crippen LogP contribution in [0, 0.1) is 0 Å². The maximum absolute atomic E-state index is 13.2. The lowest BCUT2D eigenvalue weighted by Crippen LogP contribution is -2.29. The summed E-state index contributed by atoms with van der Waals surface area (Å²) in [4.78, 5) is 16.1. The third-order valence-electron chi connectivity index (χ3n) is 4.11. The number of amides is 2. The van der Waals surface area contributed by atoms with Gasteiger partial charge in [0.2, 0.25) is 0 Å². The Morgan fingerprint density at radius 1 is 0.966 bits per heavy atom. The number of rotatable bonds is 3. The molecule has 0 aliphatic heterocycles. The van der Waals surface area contributed by atoms with Gasteiger partial charge in [-0.25, -0.2) is 4.79 Å². The minimum Gasteiger partial charge on any atom is -0.334 e. The second-order valence-electron chi connectivity index (χ2n) is 6.08. The first-order chi connectivity index (χ1) is 13.6. The number of alkyl halides is 6. The first-order valence-corrected chi connectivity index (χ1v) is 8.20. The van der Waals surface area contributed by atoms with E-state index in [9.17, 15) is 31.1 Å². The fraction of sp³-hybridized carbons (Fsp3) is 0.158. The van der Waals surface area contributed by atoms with Crippen molar-refractivity contribution in [2.24, 2.45) is 0 Å². The molecule has 0 unspecified atom stereocenters. The second-order valence-corrected chi connectivity index (χ2v) is 6.08. The average Bonchev–Trinajstić information content (AvgIpc) is 2.65. The molecule has 0 fully saturated rings. The van der Waals surface area contributed by atoms with E-state index in [0.717, 1.165) is 5.39 Å². The lowest BCUT2D eigenvalue weighted by atomic mass is 10.0. The summed E-state index contributed by atoms with van der Waals surface area (Å²) in [5, 5.41) is 6.16. The first kappa shape index (κ1) is 20.4. The normalized spacial score (nSPS) is 12.1. The number of benzene rings is 2. The van der Waals surface area contributed by atoms with Crippen molar-refractivity contribution in [1.82, 2.24) is 10.3 Å². The molecule has 152 valence electrons. The third-order valence-corrected chi connectivity index (χ3v) is 4.11. The predicted octanol–water partition coefficient (Wildman–Crippen LogP) is 5.59. The number of nitrogens with one attached hydrogen (secondary N) is 2. The molecular formula is C19H13F6N3O. The quantitative estimate of drug-likeness (QED) is 0.550. The molecule has 29 heavy (non-hydrogen) atoms. The van der Waals surface area contributed by atoms with Crippen molar-refractivity contribution in [2.75, 3.05) is 5.32 Å². The van der Waals surface area contributed by atoms with E-state index in [1.165, 1.54) is 6.20 Å². The zero-order valence-electron chi connectivity index (χ0n) is 14.5. The van der Waals surface area contributed by atoms with Gasteiger partial charge in [0.05, 0.1) is 16.8 Å². The van der Waals surface area contributed by atoms with Crippen LogP contribution in [0.4, 0.5) is 36.8 Å². The Hall–Kier alpha value is -3.30. The number of hydrogen-bond donors (Lipinski definition) is 2. The number of urea groups is 1. The number of carbonyl (C=O) groups excluding carboxylic acids is 1. The van der Waals surface area contributed by atoms with Gasteiger partial charge in [0, 0.05) is 29.7 Å². The van der Waals surface area contributed by atoms with E-state index < -0.39 is 41.6 Å². The molecule has 0 saturated heterocycles. The molecule has 0 bridgehead atoms. The molecule has 10 heteroatoms. The summed E-state index contributed by atoms with van der Waals surface area (Å²) < 4.78 is 77.6. The smallest absolute Gasteiger partial charge is 0.334 e. The molecular weight excluding hydrogens is 400 g/mol. The monoisotopic (exact) mass is 413 g/mol. The number of halogens is 6. The Balaban J connectivity index is 1.77. The Labute approximate surface area is 160 Å². The van der Waals surface area contributed by atoms with Crippen LogP contribution in [0.25, 0.3) is 10.8 Å². The zero-order valence-corrected chi connectivity index (χ0v) is 14.5. The highest BCUT2D eigenvalue weighted by atomic mass is 19.4. The van der Waals surface area contributed by atoms with E-state index in [-0.39, 0.29) is 6.07 Å². The molecule has 0 atom stereocenters. The molecule has 0 radical (unpaired) electrons. The van der Waals surface area contributed by atoms with Crippen LogP contribution in [0.1, 0.15) is 16.7 Å². The number of carbonyl (C=O) groups is 1. The number of hydrogen-bond acceptors (Lipinski definition) is 2. The zero-order chi connectivity index (χ0) is 21.2. The highest BCUT2D eigenvalue weighted by Gasteiger charge is 2.38. The molecule has 1 heterocycles. The van der Waals surface area contributed by atoms with E-state index in [1.54, 1.807) is 30.5 Å². The maximum Gasteiger partial charge on any atom is 0.416 e. The van der Waals surface area contributed by atoms with E-state index in [0.29, 0.717) is 23.2 Å². The summed E-state index contributed by atoms with van der Waals surface area (Å²) in [7, 11) is 0. The van der Waals surface area contributed by atoms with Gasteiger partial charge in [-0.05, 0) is 29.8 Å². The summed E-state index contributed by atoms with van der Waals surface area (Å²) in [6, 6.07) is 7.16. The van der Waals surface area contributed by atoms with Crippen LogP contribution in [0.2, 0.25) is 0 Å². The minimum absolute atomic E-state index is 0.0343. The Bertz CT molecular complexity index is 1040. The van der Waals surface area contributed by atoms with Crippen molar-refractivity contribution in [2.45, 2.75) is 18.9 Å². The highest BCUT2D eigenvalue weighted by Crippen LogP contribution is 2.37. The number of fused-ring (bicyclic) bond motifs is 1. The summed E-state index contributed by atoms with van der Waals surface area (Å²) in [6.45, 7) is -0.606. The fourth-order valence-corrected chi connectivity index (χ4v) is 2.74. The van der Waals surface area contributed by atoms with Gasteiger partial charge in [-0.15, -0.1) is 0 Å². The van der Waals surface area contributed by atoms with Gasteiger partial charge in [0.1, 0.15) is 0 Å². The number of pyridine rings is 1. The molecule has 3 rings (SSSR count). The summed E-state index contributed by atoms with van der Waals surface area (Å²) in [6.07, 6.45) is -6.82. The molecule has 0 aliphatic rings. The lowest BCUT2D eigenvalue weighted by molar-refractivity contribution is -0.143. The van der Waals surface area contributed by atoms with Crippen LogP contribution < -0.4 is 10.6 Å². The Morgan fingerprint density at radius 2 is 1.72 bits per heavy atom. The predicted molar refractivity (Wildman–Crippen MR) is 94.0 cm³/mol. The largest absolute Gasteiger partial charge is 0.416 e. The summed E-state index contributed by atoms with van der Waals surface area (Å²) in [5.74, 6) is 0. The summed E-state index contributed by atoms with van der Waals surface area (Å²) in [5.41, 5.74) is -2.94. The van der Waals surface area contributed by atoms with Crippen LogP contribution >= 0.6 is 0 Å². The van der Waals surface area contributed by atoms with Crippen LogP contribution in [-0.4, -0.2) is 11.0 Å². The number of anilines is 1. The molecule has 1 aromatic heterocycles. The molecule has 2 N–H and O–H groups in total. The SMILES string of the molecule is O=C(NCc1ccc(C(F)(F)F)cc1C(F)(F)F)Nc1cccc2cnccc12. The van der Waals surface area contributed by atoms with Crippen molar-refractivity contribution >= 4 is 22.5 Å². The van der Waals surface area contributed by atoms with Crippen LogP contribution in [0.3, 0.4) is 0 Å². The first-order valence-electron chi connectivity index (χ1n) is 8.20. The standard InChI is InChI=1S/C19H13F6N3O/c20-18(21,22)13-5-4-12(15(8-13)19(23,24)25)10-27-17(29)28-16-3-1-2-11-9-26-7-6-14(11)16/h1-9H,10H2,(H2,27,28,29). The van der Waals surface area contributed by atoms with Crippen molar-refractivity contribution < 1.29 is 31.1 Å². The third kappa shape index (κ3) is 4.76. The van der Waals surface area contributed by atoms with E-state index in [1.807, 2.05) is 0 Å². The molecule has 0 saturated carbocycles. The van der Waals surface area contributed by atoms with Gasteiger partial charge in [-0.3, -0.25) is 4.98 Å². The molecule has 0 aliphatic carbocycles. The fourth-order valence-electron chi connectivity index (χ4n) is 2.74. The van der Waals surface area contributed by atoms with Gasteiger partial charge in [-0.2, -0.15) is 26.3 Å². The van der Waals surface area contributed by atoms with E-state index in [4.69, 9.17) is 0 Å². The molecule has 4 nitrogen and oxygen atoms in total. The lowest BCUT2D eigenvalue weighted by Gasteiger charge is -2.16. The molecule has 0 spiro atoms. The van der Waals surface area contributed by atoms with Gasteiger partial charge in [0.25, 0.3) is 0 Å². The van der Waals surface area contributed by atoms with Crippen molar-refractivity contribution in [3.05, 3.63) is 71.5 Å².